The van der Waals surface area contributed by atoms with E-state index in [9.17, 15) is 13.5 Å². The van der Waals surface area contributed by atoms with Crippen molar-refractivity contribution in [2.24, 2.45) is 0 Å². The molecule has 0 radical (unpaired) electrons. The first-order valence-electron chi connectivity index (χ1n) is 3.84. The van der Waals surface area contributed by atoms with Gasteiger partial charge in [0.05, 0.1) is 5.69 Å². The maximum absolute atomic E-state index is 11.1. The minimum atomic E-state index is -3.27. The van der Waals surface area contributed by atoms with Crippen LogP contribution >= 0.6 is 0 Å². The number of aromatic hydroxyl groups is 1. The summed E-state index contributed by atoms with van der Waals surface area (Å²) in [6.07, 6.45) is 1.60. The molecule has 0 bridgehead atoms. The Morgan fingerprint density at radius 1 is 1.46 bits per heavy atom. The van der Waals surface area contributed by atoms with Gasteiger partial charge >= 0.3 is 0 Å². The first-order chi connectivity index (χ1) is 5.95. The first-order valence-corrected chi connectivity index (χ1v) is 5.73. The van der Waals surface area contributed by atoms with Crippen LogP contribution in [0.1, 0.15) is 12.6 Å². The van der Waals surface area contributed by atoms with Crippen molar-refractivity contribution in [1.82, 2.24) is 4.98 Å². The Labute approximate surface area is 77.2 Å². The molecule has 0 fully saturated rings. The Balaban J connectivity index is 3.30. The number of sulfone groups is 1. The first kappa shape index (κ1) is 9.98. The molecule has 1 heterocycles. The molecule has 1 rings (SSSR count). The molecule has 0 saturated carbocycles. The lowest BCUT2D eigenvalue weighted by molar-refractivity contribution is 0.463. The van der Waals surface area contributed by atoms with Gasteiger partial charge in [-0.2, -0.15) is 0 Å². The second-order valence-corrected chi connectivity index (χ2v) is 4.70. The third-order valence-electron chi connectivity index (χ3n) is 1.64. The Kier molecular flexibility index (Phi) is 2.56. The molecule has 0 unspecified atom stereocenters. The van der Waals surface area contributed by atoms with Gasteiger partial charge in [-0.1, -0.05) is 6.92 Å². The van der Waals surface area contributed by atoms with Gasteiger partial charge in [0, 0.05) is 6.26 Å². The summed E-state index contributed by atoms with van der Waals surface area (Å²) < 4.78 is 22.1. The van der Waals surface area contributed by atoms with Crippen molar-refractivity contribution in [3.05, 3.63) is 17.8 Å². The van der Waals surface area contributed by atoms with Gasteiger partial charge in [0.25, 0.3) is 0 Å². The summed E-state index contributed by atoms with van der Waals surface area (Å²) in [7, 11) is -3.27. The number of nitrogens with zero attached hydrogens (tertiary/aromatic N) is 1. The SMILES string of the molecule is CCc1nc(S(C)(=O)=O)ccc1O. The van der Waals surface area contributed by atoms with Crippen LogP contribution < -0.4 is 0 Å². The van der Waals surface area contributed by atoms with Crippen LogP contribution in [-0.2, 0) is 16.3 Å². The molecule has 72 valence electrons. The molecule has 1 aromatic rings. The van der Waals surface area contributed by atoms with Crippen LogP contribution in [0.2, 0.25) is 0 Å². The fourth-order valence-corrected chi connectivity index (χ4v) is 1.53. The van der Waals surface area contributed by atoms with Gasteiger partial charge in [-0.15, -0.1) is 0 Å². The maximum Gasteiger partial charge on any atom is 0.192 e. The number of rotatable bonds is 2. The molecule has 0 saturated heterocycles. The van der Waals surface area contributed by atoms with Crippen molar-refractivity contribution in [3.63, 3.8) is 0 Å². The summed E-state index contributed by atoms with van der Waals surface area (Å²) in [5, 5.41) is 9.25. The third-order valence-corrected chi connectivity index (χ3v) is 2.63. The molecule has 0 aliphatic heterocycles. The van der Waals surface area contributed by atoms with Crippen molar-refractivity contribution in [2.75, 3.05) is 6.26 Å². The zero-order valence-corrected chi connectivity index (χ0v) is 8.30. The third kappa shape index (κ3) is 2.18. The lowest BCUT2D eigenvalue weighted by Gasteiger charge is -2.02. The number of hydrogen-bond donors (Lipinski definition) is 1. The van der Waals surface area contributed by atoms with Crippen LogP contribution in [0.15, 0.2) is 17.2 Å². The van der Waals surface area contributed by atoms with Crippen LogP contribution in [0.3, 0.4) is 0 Å². The Bertz CT molecular complexity index is 411. The maximum atomic E-state index is 11.1. The van der Waals surface area contributed by atoms with Crippen LogP contribution in [0.25, 0.3) is 0 Å². The Morgan fingerprint density at radius 2 is 2.08 bits per heavy atom. The monoisotopic (exact) mass is 201 g/mol. The van der Waals surface area contributed by atoms with E-state index < -0.39 is 9.84 Å². The van der Waals surface area contributed by atoms with E-state index in [1.54, 1.807) is 6.92 Å². The molecule has 0 amide bonds. The number of aryl methyl sites for hydroxylation is 1. The molecule has 0 aliphatic rings. The smallest absolute Gasteiger partial charge is 0.192 e. The molecular formula is C8H11NO3S. The molecule has 0 atom stereocenters. The van der Waals surface area contributed by atoms with Gasteiger partial charge in [-0.05, 0) is 18.6 Å². The molecule has 4 nitrogen and oxygen atoms in total. The second kappa shape index (κ2) is 3.33. The van der Waals surface area contributed by atoms with Crippen molar-refractivity contribution in [2.45, 2.75) is 18.4 Å². The zero-order valence-electron chi connectivity index (χ0n) is 7.48. The molecule has 0 spiro atoms. The molecule has 0 aliphatic carbocycles. The molecule has 13 heavy (non-hydrogen) atoms. The van der Waals surface area contributed by atoms with E-state index in [0.717, 1.165) is 6.26 Å². The molecule has 1 N–H and O–H groups in total. The van der Waals surface area contributed by atoms with Gasteiger partial charge in [-0.3, -0.25) is 0 Å². The minimum absolute atomic E-state index is 0.00199. The fourth-order valence-electron chi connectivity index (χ4n) is 0.941. The van der Waals surface area contributed by atoms with Gasteiger partial charge in [0.15, 0.2) is 14.9 Å². The predicted octanol–water partition coefficient (Wildman–Crippen LogP) is 0.753. The highest BCUT2D eigenvalue weighted by atomic mass is 32.2. The van der Waals surface area contributed by atoms with Crippen LogP contribution in [0.5, 0.6) is 5.75 Å². The standard InChI is InChI=1S/C8H11NO3S/c1-3-6-7(10)4-5-8(9-6)13(2,11)12/h4-5,10H,3H2,1-2H3. The topological polar surface area (TPSA) is 67.3 Å². The summed E-state index contributed by atoms with van der Waals surface area (Å²) in [6, 6.07) is 2.64. The van der Waals surface area contributed by atoms with E-state index in [2.05, 4.69) is 4.98 Å². The van der Waals surface area contributed by atoms with E-state index in [1.165, 1.54) is 12.1 Å². The number of pyridine rings is 1. The Morgan fingerprint density at radius 3 is 2.54 bits per heavy atom. The van der Waals surface area contributed by atoms with Crippen molar-refractivity contribution in [3.8, 4) is 5.75 Å². The number of aromatic nitrogens is 1. The highest BCUT2D eigenvalue weighted by molar-refractivity contribution is 7.90. The van der Waals surface area contributed by atoms with Crippen LogP contribution in [-0.4, -0.2) is 24.8 Å². The van der Waals surface area contributed by atoms with E-state index in [1.807, 2.05) is 0 Å². The lowest BCUT2D eigenvalue weighted by Crippen LogP contribution is -2.02. The van der Waals surface area contributed by atoms with Gasteiger partial charge in [-0.25, -0.2) is 13.4 Å². The highest BCUT2D eigenvalue weighted by Gasteiger charge is 2.10. The number of hydrogen-bond acceptors (Lipinski definition) is 4. The van der Waals surface area contributed by atoms with Crippen molar-refractivity contribution < 1.29 is 13.5 Å². The largest absolute Gasteiger partial charge is 0.506 e. The van der Waals surface area contributed by atoms with Crippen LogP contribution in [0, 0.1) is 0 Å². The normalized spacial score (nSPS) is 11.5. The summed E-state index contributed by atoms with van der Waals surface area (Å²) in [5.74, 6) is 0.0369. The predicted molar refractivity (Wildman–Crippen MR) is 48.4 cm³/mol. The molecule has 5 heteroatoms. The Hall–Kier alpha value is -1.10. The summed E-state index contributed by atoms with van der Waals surface area (Å²) in [6.45, 7) is 1.80. The van der Waals surface area contributed by atoms with E-state index >= 15 is 0 Å². The average molecular weight is 201 g/mol. The second-order valence-electron chi connectivity index (χ2n) is 2.74. The average Bonchev–Trinajstić information content (AvgIpc) is 2.03. The van der Waals surface area contributed by atoms with E-state index in [4.69, 9.17) is 0 Å². The quantitative estimate of drug-likeness (QED) is 0.766. The highest BCUT2D eigenvalue weighted by Crippen LogP contribution is 2.17. The van der Waals surface area contributed by atoms with Crippen LogP contribution in [0.4, 0.5) is 0 Å². The zero-order chi connectivity index (χ0) is 10.1. The van der Waals surface area contributed by atoms with Crippen molar-refractivity contribution >= 4 is 9.84 Å². The fraction of sp³-hybridized carbons (Fsp3) is 0.375. The molecule has 0 aromatic carbocycles. The summed E-state index contributed by atoms with van der Waals surface area (Å²) >= 11 is 0. The van der Waals surface area contributed by atoms with Gasteiger partial charge in [0.2, 0.25) is 0 Å². The van der Waals surface area contributed by atoms with E-state index in [0.29, 0.717) is 12.1 Å². The molecular weight excluding hydrogens is 190 g/mol. The summed E-state index contributed by atoms with van der Waals surface area (Å²) in [4.78, 5) is 3.82. The minimum Gasteiger partial charge on any atom is -0.506 e. The van der Waals surface area contributed by atoms with Gasteiger partial charge < -0.3 is 5.11 Å². The van der Waals surface area contributed by atoms with Gasteiger partial charge in [0.1, 0.15) is 5.75 Å². The summed E-state index contributed by atoms with van der Waals surface area (Å²) in [5.41, 5.74) is 0.405. The lowest BCUT2D eigenvalue weighted by atomic mass is 10.3. The van der Waals surface area contributed by atoms with E-state index in [-0.39, 0.29) is 10.8 Å². The van der Waals surface area contributed by atoms with Crippen molar-refractivity contribution in [1.29, 1.82) is 0 Å². The molecule has 1 aromatic heterocycles.